The molecule has 1 aliphatic rings. The van der Waals surface area contributed by atoms with E-state index in [9.17, 15) is 18.8 Å². The average Bonchev–Trinajstić information content (AvgIpc) is 3.51. The van der Waals surface area contributed by atoms with Crippen LogP contribution >= 0.6 is 11.3 Å². The topological polar surface area (TPSA) is 101 Å². The quantitative estimate of drug-likeness (QED) is 0.430. The standard InChI is InChI=1S/C28H27FN4O5S/c1-6-24-31-22(16-39-24)25(34)33(23-11-12-32(26(23)35)19-9-7-17(29)8-10-19)20-13-18(14-21(15-20)37-5)30-27(36)38-28(2,3)4/h1,7-10,13-16,23H,11-12H2,2-5H3,(H,30,36). The van der Waals surface area contributed by atoms with Crippen LogP contribution in [0.4, 0.5) is 26.2 Å². The van der Waals surface area contributed by atoms with Crippen molar-refractivity contribution in [3.8, 4) is 18.1 Å². The lowest BCUT2D eigenvalue weighted by molar-refractivity contribution is -0.118. The number of nitrogens with one attached hydrogen (secondary N) is 1. The summed E-state index contributed by atoms with van der Waals surface area (Å²) in [6, 6.07) is 9.34. The van der Waals surface area contributed by atoms with Gasteiger partial charge >= 0.3 is 6.09 Å². The lowest BCUT2D eigenvalue weighted by atomic mass is 10.1. The van der Waals surface area contributed by atoms with Crippen LogP contribution in [0.2, 0.25) is 0 Å². The number of benzene rings is 2. The SMILES string of the molecule is C#Cc1nc(C(=O)N(c2cc(NC(=O)OC(C)(C)C)cc(OC)c2)C2CCN(c3ccc(F)cc3)C2=O)cs1. The zero-order valence-corrected chi connectivity index (χ0v) is 22.7. The fourth-order valence-corrected chi connectivity index (χ4v) is 4.71. The van der Waals surface area contributed by atoms with Gasteiger partial charge < -0.3 is 14.4 Å². The molecule has 1 fully saturated rings. The summed E-state index contributed by atoms with van der Waals surface area (Å²) in [7, 11) is 1.44. The van der Waals surface area contributed by atoms with Gasteiger partial charge in [0.05, 0.1) is 12.8 Å². The molecule has 0 aliphatic carbocycles. The molecule has 11 heteroatoms. The lowest BCUT2D eigenvalue weighted by Crippen LogP contribution is -2.46. The molecule has 0 bridgehead atoms. The first-order valence-electron chi connectivity index (χ1n) is 12.0. The molecule has 1 unspecified atom stereocenters. The fraction of sp³-hybridized carbons (Fsp3) is 0.286. The van der Waals surface area contributed by atoms with Crippen LogP contribution in [0, 0.1) is 18.2 Å². The number of methoxy groups -OCH3 is 1. The maximum absolute atomic E-state index is 13.8. The number of anilines is 3. The molecule has 2 aromatic carbocycles. The Morgan fingerprint density at radius 1 is 1.23 bits per heavy atom. The van der Waals surface area contributed by atoms with Gasteiger partial charge in [-0.3, -0.25) is 19.8 Å². The Morgan fingerprint density at radius 2 is 1.95 bits per heavy atom. The minimum Gasteiger partial charge on any atom is -0.497 e. The Bertz CT molecular complexity index is 1440. The third-order valence-electron chi connectivity index (χ3n) is 5.74. The first kappa shape index (κ1) is 27.6. The molecule has 1 aromatic heterocycles. The number of halogens is 1. The molecule has 1 atom stereocenters. The Balaban J connectivity index is 1.74. The van der Waals surface area contributed by atoms with Crippen molar-refractivity contribution in [1.29, 1.82) is 0 Å². The van der Waals surface area contributed by atoms with Gasteiger partial charge in [-0.05, 0) is 63.4 Å². The molecule has 0 saturated carbocycles. The molecule has 1 aliphatic heterocycles. The van der Waals surface area contributed by atoms with E-state index >= 15 is 0 Å². The molecule has 9 nitrogen and oxygen atoms in total. The van der Waals surface area contributed by atoms with E-state index < -0.39 is 29.5 Å². The lowest BCUT2D eigenvalue weighted by Gasteiger charge is -2.28. The van der Waals surface area contributed by atoms with E-state index in [1.807, 2.05) is 0 Å². The van der Waals surface area contributed by atoms with Crippen LogP contribution in [0.15, 0.2) is 47.8 Å². The first-order valence-corrected chi connectivity index (χ1v) is 12.9. The maximum Gasteiger partial charge on any atom is 0.412 e. The van der Waals surface area contributed by atoms with Gasteiger partial charge in [0.15, 0.2) is 5.01 Å². The number of amides is 3. The van der Waals surface area contributed by atoms with Crippen molar-refractivity contribution in [1.82, 2.24) is 4.98 Å². The average molecular weight is 551 g/mol. The van der Waals surface area contributed by atoms with E-state index in [-0.39, 0.29) is 11.6 Å². The summed E-state index contributed by atoms with van der Waals surface area (Å²) in [5.41, 5.74) is 0.440. The smallest absolute Gasteiger partial charge is 0.412 e. The number of thiazole rings is 1. The highest BCUT2D eigenvalue weighted by molar-refractivity contribution is 7.10. The van der Waals surface area contributed by atoms with Crippen molar-refractivity contribution in [2.75, 3.05) is 28.8 Å². The van der Waals surface area contributed by atoms with Gasteiger partial charge in [0.25, 0.3) is 5.91 Å². The minimum atomic E-state index is -0.917. The molecule has 3 amide bonds. The van der Waals surface area contributed by atoms with Crippen molar-refractivity contribution in [3.63, 3.8) is 0 Å². The number of ether oxygens (including phenoxy) is 2. The number of rotatable bonds is 6. The van der Waals surface area contributed by atoms with Gasteiger partial charge in [0, 0.05) is 35.4 Å². The molecular formula is C28H27FN4O5S. The molecule has 39 heavy (non-hydrogen) atoms. The van der Waals surface area contributed by atoms with Crippen LogP contribution in [0.1, 0.15) is 42.7 Å². The molecule has 0 radical (unpaired) electrons. The first-order chi connectivity index (χ1) is 18.5. The minimum absolute atomic E-state index is 0.0745. The summed E-state index contributed by atoms with van der Waals surface area (Å²) < 4.78 is 24.3. The van der Waals surface area contributed by atoms with Gasteiger partial charge in [-0.15, -0.1) is 17.8 Å². The van der Waals surface area contributed by atoms with Crippen LogP contribution < -0.4 is 19.9 Å². The van der Waals surface area contributed by atoms with E-state index in [2.05, 4.69) is 16.2 Å². The van der Waals surface area contributed by atoms with Crippen LogP contribution in [-0.2, 0) is 9.53 Å². The summed E-state index contributed by atoms with van der Waals surface area (Å²) in [5.74, 6) is 1.41. The van der Waals surface area contributed by atoms with Gasteiger partial charge in [-0.25, -0.2) is 14.2 Å². The third-order valence-corrected chi connectivity index (χ3v) is 6.52. The zero-order chi connectivity index (χ0) is 28.3. The second-order valence-corrected chi connectivity index (χ2v) is 10.5. The Labute approximate surface area is 229 Å². The monoisotopic (exact) mass is 550 g/mol. The molecule has 202 valence electrons. The molecule has 1 saturated heterocycles. The van der Waals surface area contributed by atoms with Crippen molar-refractivity contribution < 1.29 is 28.2 Å². The fourth-order valence-electron chi connectivity index (χ4n) is 4.12. The van der Waals surface area contributed by atoms with E-state index in [1.165, 1.54) is 46.6 Å². The molecule has 2 heterocycles. The third kappa shape index (κ3) is 6.35. The number of carbonyl (C=O) groups is 3. The molecule has 4 rings (SSSR count). The van der Waals surface area contributed by atoms with Crippen LogP contribution in [0.25, 0.3) is 0 Å². The van der Waals surface area contributed by atoms with E-state index in [1.54, 1.807) is 39.0 Å². The highest BCUT2D eigenvalue weighted by atomic mass is 32.1. The van der Waals surface area contributed by atoms with E-state index in [0.29, 0.717) is 40.8 Å². The predicted octanol–water partition coefficient (Wildman–Crippen LogP) is 5.07. The second kappa shape index (κ2) is 11.1. The number of terminal acetylenes is 1. The van der Waals surface area contributed by atoms with Crippen molar-refractivity contribution in [3.05, 3.63) is 64.4 Å². The van der Waals surface area contributed by atoms with Crippen LogP contribution in [0.5, 0.6) is 5.75 Å². The highest BCUT2D eigenvalue weighted by Crippen LogP contribution is 2.34. The number of nitrogens with zero attached hydrogens (tertiary/aromatic N) is 3. The molecule has 1 N–H and O–H groups in total. The normalized spacial score (nSPS) is 15.0. The van der Waals surface area contributed by atoms with Crippen LogP contribution in [-0.4, -0.2) is 48.2 Å². The Kier molecular flexibility index (Phi) is 7.88. The van der Waals surface area contributed by atoms with Gasteiger partial charge in [0.1, 0.15) is 28.9 Å². The van der Waals surface area contributed by atoms with E-state index in [0.717, 1.165) is 11.3 Å². The van der Waals surface area contributed by atoms with Crippen molar-refractivity contribution in [2.45, 2.75) is 38.8 Å². The van der Waals surface area contributed by atoms with Gasteiger partial charge in [-0.1, -0.05) is 0 Å². The summed E-state index contributed by atoms with van der Waals surface area (Å²) in [4.78, 5) is 47.0. The maximum atomic E-state index is 13.8. The summed E-state index contributed by atoms with van der Waals surface area (Å²) in [6.45, 7) is 5.52. The summed E-state index contributed by atoms with van der Waals surface area (Å²) in [5, 5.41) is 4.50. The summed E-state index contributed by atoms with van der Waals surface area (Å²) in [6.07, 6.45) is 5.05. The number of aromatic nitrogens is 1. The summed E-state index contributed by atoms with van der Waals surface area (Å²) >= 11 is 1.13. The van der Waals surface area contributed by atoms with Crippen molar-refractivity contribution in [2.24, 2.45) is 0 Å². The number of hydrogen-bond acceptors (Lipinski definition) is 7. The largest absolute Gasteiger partial charge is 0.497 e. The second-order valence-electron chi connectivity index (χ2n) is 9.67. The van der Waals surface area contributed by atoms with Gasteiger partial charge in [0.2, 0.25) is 5.91 Å². The predicted molar refractivity (Wildman–Crippen MR) is 147 cm³/mol. The van der Waals surface area contributed by atoms with E-state index in [4.69, 9.17) is 15.9 Å². The molecular weight excluding hydrogens is 523 g/mol. The van der Waals surface area contributed by atoms with Gasteiger partial charge in [-0.2, -0.15) is 0 Å². The zero-order valence-electron chi connectivity index (χ0n) is 21.9. The highest BCUT2D eigenvalue weighted by Gasteiger charge is 2.41. The number of carbonyl (C=O) groups excluding carboxylic acids is 3. The van der Waals surface area contributed by atoms with Crippen molar-refractivity contribution >= 4 is 46.3 Å². The number of hydrogen-bond donors (Lipinski definition) is 1. The molecule has 0 spiro atoms. The Hall–Kier alpha value is -4.43. The molecule has 3 aromatic rings. The Morgan fingerprint density at radius 3 is 2.56 bits per heavy atom. The van der Waals surface area contributed by atoms with Crippen LogP contribution in [0.3, 0.4) is 0 Å².